The van der Waals surface area contributed by atoms with Crippen molar-refractivity contribution in [3.8, 4) is 0 Å². The Kier molecular flexibility index (Phi) is 4.55. The first-order valence-corrected chi connectivity index (χ1v) is 4.98. The van der Waals surface area contributed by atoms with Gasteiger partial charge in [0.1, 0.15) is 6.10 Å². The van der Waals surface area contributed by atoms with Gasteiger partial charge in [-0.2, -0.15) is 4.98 Å². The van der Waals surface area contributed by atoms with Crippen LogP contribution in [0.5, 0.6) is 0 Å². The van der Waals surface area contributed by atoms with Gasteiger partial charge in [0.25, 0.3) is 5.89 Å². The summed E-state index contributed by atoms with van der Waals surface area (Å²) < 4.78 is 4.91. The summed E-state index contributed by atoms with van der Waals surface area (Å²) in [6.45, 7) is 2.51. The lowest BCUT2D eigenvalue weighted by Crippen LogP contribution is -2.07. The third kappa shape index (κ3) is 3.08. The Hall–Kier alpha value is -0.940. The molecule has 1 aromatic heterocycles. The molecule has 1 heterocycles. The van der Waals surface area contributed by atoms with Crippen molar-refractivity contribution in [1.29, 1.82) is 0 Å². The zero-order valence-corrected chi connectivity index (χ0v) is 8.44. The minimum Gasteiger partial charge on any atom is -0.383 e. The monoisotopic (exact) mass is 199 g/mol. The average molecular weight is 199 g/mol. The quantitative estimate of drug-likeness (QED) is 0.707. The molecule has 0 aliphatic carbocycles. The summed E-state index contributed by atoms with van der Waals surface area (Å²) in [5.74, 6) is 0.944. The number of aromatic nitrogens is 2. The second-order valence-corrected chi connectivity index (χ2v) is 3.25. The number of nitrogens with zero attached hydrogens (tertiary/aromatic N) is 2. The molecular formula is C9H17N3O2. The van der Waals surface area contributed by atoms with Crippen LogP contribution in [0, 0.1) is 0 Å². The highest BCUT2D eigenvalue weighted by atomic mass is 16.5. The largest absolute Gasteiger partial charge is 0.383 e. The lowest BCUT2D eigenvalue weighted by molar-refractivity contribution is 0.127. The molecule has 1 aromatic rings. The van der Waals surface area contributed by atoms with Gasteiger partial charge in [-0.3, -0.25) is 0 Å². The first-order chi connectivity index (χ1) is 6.77. The number of hydrogen-bond acceptors (Lipinski definition) is 5. The zero-order chi connectivity index (χ0) is 10.4. The van der Waals surface area contributed by atoms with Crippen molar-refractivity contribution in [1.82, 2.24) is 10.1 Å². The molecule has 0 bridgehead atoms. The zero-order valence-electron chi connectivity index (χ0n) is 8.44. The average Bonchev–Trinajstić information content (AvgIpc) is 2.63. The number of rotatable bonds is 6. The molecule has 0 amide bonds. The molecule has 1 rings (SSSR count). The first kappa shape index (κ1) is 11.1. The van der Waals surface area contributed by atoms with Crippen molar-refractivity contribution in [2.24, 2.45) is 5.73 Å². The molecule has 1 atom stereocenters. The second-order valence-electron chi connectivity index (χ2n) is 3.25. The fraction of sp³-hybridized carbons (Fsp3) is 0.778. The molecule has 0 radical (unpaired) electrons. The molecule has 0 aliphatic rings. The van der Waals surface area contributed by atoms with Crippen molar-refractivity contribution >= 4 is 0 Å². The van der Waals surface area contributed by atoms with E-state index in [2.05, 4.69) is 17.1 Å². The third-order valence-electron chi connectivity index (χ3n) is 1.96. The Bertz CT molecular complexity index is 262. The topological polar surface area (TPSA) is 85.2 Å². The maximum atomic E-state index is 9.48. The van der Waals surface area contributed by atoms with E-state index in [1.54, 1.807) is 0 Å². The Balaban J connectivity index is 2.49. The van der Waals surface area contributed by atoms with E-state index < -0.39 is 6.10 Å². The minimum atomic E-state index is -0.720. The number of aryl methyl sites for hydroxylation is 1. The Labute approximate surface area is 83.3 Å². The number of unbranched alkanes of at least 4 members (excludes halogenated alkanes) is 1. The number of nitrogens with two attached hydrogens (primary N) is 1. The van der Waals surface area contributed by atoms with Crippen molar-refractivity contribution in [3.05, 3.63) is 11.7 Å². The molecule has 5 nitrogen and oxygen atoms in total. The van der Waals surface area contributed by atoms with Gasteiger partial charge in [0, 0.05) is 6.42 Å². The molecule has 0 saturated carbocycles. The molecule has 1 unspecified atom stereocenters. The van der Waals surface area contributed by atoms with Crippen LogP contribution < -0.4 is 5.73 Å². The second kappa shape index (κ2) is 5.72. The smallest absolute Gasteiger partial charge is 0.255 e. The molecule has 0 aliphatic heterocycles. The normalized spacial score (nSPS) is 13.1. The molecule has 0 spiro atoms. The van der Waals surface area contributed by atoms with Gasteiger partial charge in [0.05, 0.1) is 0 Å². The highest BCUT2D eigenvalue weighted by Crippen LogP contribution is 2.13. The molecule has 14 heavy (non-hydrogen) atoms. The van der Waals surface area contributed by atoms with Crippen molar-refractivity contribution < 1.29 is 9.63 Å². The maximum Gasteiger partial charge on any atom is 0.255 e. The van der Waals surface area contributed by atoms with Crippen molar-refractivity contribution in [2.45, 2.75) is 38.7 Å². The van der Waals surface area contributed by atoms with Crippen LogP contribution in [0.15, 0.2) is 4.52 Å². The van der Waals surface area contributed by atoms with Crippen LogP contribution in [0.25, 0.3) is 0 Å². The van der Waals surface area contributed by atoms with E-state index in [-0.39, 0.29) is 5.89 Å². The van der Waals surface area contributed by atoms with Crippen LogP contribution >= 0.6 is 0 Å². The maximum absolute atomic E-state index is 9.48. The van der Waals surface area contributed by atoms with Crippen LogP contribution in [-0.4, -0.2) is 21.8 Å². The minimum absolute atomic E-state index is 0.279. The van der Waals surface area contributed by atoms with Crippen molar-refractivity contribution in [2.75, 3.05) is 6.54 Å². The van der Waals surface area contributed by atoms with Crippen LogP contribution in [-0.2, 0) is 6.42 Å². The highest BCUT2D eigenvalue weighted by Gasteiger charge is 2.14. The fourth-order valence-corrected chi connectivity index (χ4v) is 1.12. The Morgan fingerprint density at radius 3 is 3.00 bits per heavy atom. The molecule has 0 fully saturated rings. The van der Waals surface area contributed by atoms with Crippen LogP contribution in [0.1, 0.15) is 44.0 Å². The Morgan fingerprint density at radius 2 is 2.36 bits per heavy atom. The lowest BCUT2D eigenvalue weighted by Gasteiger charge is -2.00. The first-order valence-electron chi connectivity index (χ1n) is 4.98. The molecule has 3 N–H and O–H groups in total. The van der Waals surface area contributed by atoms with Gasteiger partial charge in [-0.25, -0.2) is 0 Å². The van der Waals surface area contributed by atoms with E-state index in [0.717, 1.165) is 19.3 Å². The van der Waals surface area contributed by atoms with E-state index in [1.807, 2.05) is 0 Å². The number of hydrogen-bond donors (Lipinski definition) is 2. The highest BCUT2D eigenvalue weighted by molar-refractivity contribution is 4.89. The predicted octanol–water partition coefficient (Wildman–Crippen LogP) is 0.794. The summed E-state index contributed by atoms with van der Waals surface area (Å²) in [6.07, 6.45) is 2.66. The summed E-state index contributed by atoms with van der Waals surface area (Å²) in [7, 11) is 0. The van der Waals surface area contributed by atoms with Gasteiger partial charge in [0.2, 0.25) is 0 Å². The standard InChI is InChI=1S/C9H17N3O2/c1-2-3-4-8-11-9(14-12-8)7(13)5-6-10/h7,13H,2-6,10H2,1H3. The Morgan fingerprint density at radius 1 is 1.57 bits per heavy atom. The summed E-state index contributed by atoms with van der Waals surface area (Å²) in [6, 6.07) is 0. The molecule has 0 aromatic carbocycles. The van der Waals surface area contributed by atoms with E-state index in [4.69, 9.17) is 10.3 Å². The molecule has 5 heteroatoms. The summed E-state index contributed by atoms with van der Waals surface area (Å²) in [5.41, 5.74) is 5.30. The van der Waals surface area contributed by atoms with E-state index in [9.17, 15) is 5.11 Å². The molecular weight excluding hydrogens is 182 g/mol. The van der Waals surface area contributed by atoms with Gasteiger partial charge < -0.3 is 15.4 Å². The fourth-order valence-electron chi connectivity index (χ4n) is 1.12. The summed E-state index contributed by atoms with van der Waals surface area (Å²) >= 11 is 0. The van der Waals surface area contributed by atoms with Crippen LogP contribution in [0.3, 0.4) is 0 Å². The third-order valence-corrected chi connectivity index (χ3v) is 1.96. The molecule has 0 saturated heterocycles. The van der Waals surface area contributed by atoms with E-state index in [1.165, 1.54) is 0 Å². The SMILES string of the molecule is CCCCc1noc(C(O)CCN)n1. The molecule has 80 valence electrons. The predicted molar refractivity (Wildman–Crippen MR) is 51.5 cm³/mol. The van der Waals surface area contributed by atoms with Gasteiger partial charge >= 0.3 is 0 Å². The lowest BCUT2D eigenvalue weighted by atomic mass is 10.2. The van der Waals surface area contributed by atoms with Gasteiger partial charge in [-0.05, 0) is 19.4 Å². The van der Waals surface area contributed by atoms with Gasteiger partial charge in [0.15, 0.2) is 5.82 Å². The van der Waals surface area contributed by atoms with Crippen LogP contribution in [0.4, 0.5) is 0 Å². The van der Waals surface area contributed by atoms with E-state index in [0.29, 0.717) is 18.8 Å². The van der Waals surface area contributed by atoms with E-state index >= 15 is 0 Å². The van der Waals surface area contributed by atoms with Crippen molar-refractivity contribution in [3.63, 3.8) is 0 Å². The van der Waals surface area contributed by atoms with Crippen LogP contribution in [0.2, 0.25) is 0 Å². The van der Waals surface area contributed by atoms with Gasteiger partial charge in [-0.1, -0.05) is 18.5 Å². The number of aliphatic hydroxyl groups is 1. The summed E-state index contributed by atoms with van der Waals surface area (Å²) in [4.78, 5) is 4.08. The summed E-state index contributed by atoms with van der Waals surface area (Å²) in [5, 5.41) is 13.3. The number of aliphatic hydroxyl groups excluding tert-OH is 1. The van der Waals surface area contributed by atoms with Gasteiger partial charge in [-0.15, -0.1) is 0 Å².